The van der Waals surface area contributed by atoms with Crippen LogP contribution >= 0.6 is 11.3 Å². The van der Waals surface area contributed by atoms with Gasteiger partial charge in [0.05, 0.1) is 0 Å². The maximum absolute atomic E-state index is 3.70. The maximum atomic E-state index is 3.70. The summed E-state index contributed by atoms with van der Waals surface area (Å²) in [6.07, 6.45) is 3.43. The first-order valence-corrected chi connectivity index (χ1v) is 8.39. The predicted molar refractivity (Wildman–Crippen MR) is 89.7 cm³/mol. The third-order valence-electron chi connectivity index (χ3n) is 3.76. The summed E-state index contributed by atoms with van der Waals surface area (Å²) >= 11 is 1.86. The monoisotopic (exact) mass is 287 g/mol. The standard InChI is InChI=1S/C18H25NS/c1-4-9-19-17(13-18-6-5-10-20-18)12-16-8-7-14(2)15(3)11-16/h5-8,10-11,17,19H,4,9,12-13H2,1-3H3. The zero-order valence-corrected chi connectivity index (χ0v) is 13.6. The van der Waals surface area contributed by atoms with Crippen LogP contribution in [0.4, 0.5) is 0 Å². The van der Waals surface area contributed by atoms with E-state index in [4.69, 9.17) is 0 Å². The molecular formula is C18H25NS. The number of rotatable bonds is 7. The minimum Gasteiger partial charge on any atom is -0.313 e. The fourth-order valence-corrected chi connectivity index (χ4v) is 3.24. The molecule has 0 aliphatic carbocycles. The summed E-state index contributed by atoms with van der Waals surface area (Å²) in [4.78, 5) is 1.47. The Morgan fingerprint density at radius 1 is 1.10 bits per heavy atom. The molecule has 2 heteroatoms. The molecule has 0 spiro atoms. The molecule has 0 saturated heterocycles. The molecule has 2 aromatic rings. The van der Waals surface area contributed by atoms with E-state index in [1.807, 2.05) is 11.3 Å². The molecule has 2 rings (SSSR count). The van der Waals surface area contributed by atoms with Crippen LogP contribution in [0.25, 0.3) is 0 Å². The van der Waals surface area contributed by atoms with E-state index in [0.29, 0.717) is 6.04 Å². The molecule has 0 aliphatic rings. The van der Waals surface area contributed by atoms with Crippen molar-refractivity contribution in [2.75, 3.05) is 6.54 Å². The average Bonchev–Trinajstić information content (AvgIpc) is 2.93. The SMILES string of the molecule is CCCNC(Cc1ccc(C)c(C)c1)Cc1cccs1. The van der Waals surface area contributed by atoms with Crippen LogP contribution in [-0.4, -0.2) is 12.6 Å². The molecular weight excluding hydrogens is 262 g/mol. The van der Waals surface area contributed by atoms with Crippen molar-refractivity contribution in [3.05, 3.63) is 57.3 Å². The number of thiophene rings is 1. The van der Waals surface area contributed by atoms with Gasteiger partial charge in [0.15, 0.2) is 0 Å². The highest BCUT2D eigenvalue weighted by atomic mass is 32.1. The third kappa shape index (κ3) is 4.46. The first kappa shape index (κ1) is 15.3. The van der Waals surface area contributed by atoms with Crippen molar-refractivity contribution in [1.29, 1.82) is 0 Å². The van der Waals surface area contributed by atoms with E-state index >= 15 is 0 Å². The van der Waals surface area contributed by atoms with Gasteiger partial charge in [-0.1, -0.05) is 31.2 Å². The van der Waals surface area contributed by atoms with Gasteiger partial charge >= 0.3 is 0 Å². The zero-order valence-electron chi connectivity index (χ0n) is 12.8. The molecule has 1 nitrogen and oxygen atoms in total. The van der Waals surface area contributed by atoms with Crippen molar-refractivity contribution in [3.63, 3.8) is 0 Å². The Kier molecular flexibility index (Phi) is 5.81. The smallest absolute Gasteiger partial charge is 0.0156 e. The summed E-state index contributed by atoms with van der Waals surface area (Å²) in [6.45, 7) is 7.70. The van der Waals surface area contributed by atoms with Gasteiger partial charge in [-0.3, -0.25) is 0 Å². The molecule has 0 saturated carbocycles. The van der Waals surface area contributed by atoms with Gasteiger partial charge in [-0.05, 0) is 67.8 Å². The molecule has 1 N–H and O–H groups in total. The summed E-state index contributed by atoms with van der Waals surface area (Å²) in [7, 11) is 0. The Morgan fingerprint density at radius 2 is 1.95 bits per heavy atom. The summed E-state index contributed by atoms with van der Waals surface area (Å²) < 4.78 is 0. The molecule has 1 unspecified atom stereocenters. The van der Waals surface area contributed by atoms with Gasteiger partial charge in [-0.2, -0.15) is 0 Å². The number of benzene rings is 1. The Labute approximate surface area is 127 Å². The molecule has 1 aromatic carbocycles. The van der Waals surface area contributed by atoms with Gasteiger partial charge < -0.3 is 5.32 Å². The van der Waals surface area contributed by atoms with E-state index in [-0.39, 0.29) is 0 Å². The first-order chi connectivity index (χ1) is 9.69. The van der Waals surface area contributed by atoms with Crippen molar-refractivity contribution < 1.29 is 0 Å². The van der Waals surface area contributed by atoms with Crippen LogP contribution in [0, 0.1) is 13.8 Å². The summed E-state index contributed by atoms with van der Waals surface area (Å²) in [5, 5.41) is 5.87. The van der Waals surface area contributed by atoms with E-state index in [0.717, 1.165) is 19.4 Å². The molecule has 1 atom stereocenters. The lowest BCUT2D eigenvalue weighted by atomic mass is 9.99. The minimum absolute atomic E-state index is 0.538. The van der Waals surface area contributed by atoms with Crippen LogP contribution in [0.1, 0.15) is 34.9 Å². The minimum atomic E-state index is 0.538. The quantitative estimate of drug-likeness (QED) is 0.789. The fourth-order valence-electron chi connectivity index (χ4n) is 2.45. The second-order valence-electron chi connectivity index (χ2n) is 5.56. The summed E-state index contributed by atoms with van der Waals surface area (Å²) in [5.41, 5.74) is 4.22. The maximum Gasteiger partial charge on any atom is 0.0156 e. The van der Waals surface area contributed by atoms with Gasteiger partial charge in [-0.25, -0.2) is 0 Å². The van der Waals surface area contributed by atoms with E-state index in [1.165, 1.54) is 28.0 Å². The number of hydrogen-bond acceptors (Lipinski definition) is 2. The van der Waals surface area contributed by atoms with Crippen LogP contribution in [0.3, 0.4) is 0 Å². The molecule has 0 bridgehead atoms. The van der Waals surface area contributed by atoms with E-state index in [1.54, 1.807) is 0 Å². The molecule has 0 radical (unpaired) electrons. The lowest BCUT2D eigenvalue weighted by Gasteiger charge is -2.18. The highest BCUT2D eigenvalue weighted by molar-refractivity contribution is 7.09. The molecule has 0 amide bonds. The van der Waals surface area contributed by atoms with Gasteiger partial charge in [-0.15, -0.1) is 11.3 Å². The number of hydrogen-bond donors (Lipinski definition) is 1. The van der Waals surface area contributed by atoms with Crippen molar-refractivity contribution >= 4 is 11.3 Å². The van der Waals surface area contributed by atoms with Crippen LogP contribution in [0.15, 0.2) is 35.7 Å². The molecule has 0 fully saturated rings. The normalized spacial score (nSPS) is 12.6. The van der Waals surface area contributed by atoms with Crippen molar-refractivity contribution in [3.8, 4) is 0 Å². The van der Waals surface area contributed by atoms with Crippen molar-refractivity contribution in [1.82, 2.24) is 5.32 Å². The van der Waals surface area contributed by atoms with Gasteiger partial charge in [0.1, 0.15) is 0 Å². The Balaban J connectivity index is 2.04. The second-order valence-corrected chi connectivity index (χ2v) is 6.59. The van der Waals surface area contributed by atoms with Crippen molar-refractivity contribution in [2.24, 2.45) is 0 Å². The first-order valence-electron chi connectivity index (χ1n) is 7.51. The van der Waals surface area contributed by atoms with Gasteiger partial charge in [0.2, 0.25) is 0 Å². The Hall–Kier alpha value is -1.12. The molecule has 1 heterocycles. The lowest BCUT2D eigenvalue weighted by molar-refractivity contribution is 0.507. The highest BCUT2D eigenvalue weighted by Gasteiger charge is 2.11. The van der Waals surface area contributed by atoms with E-state index in [9.17, 15) is 0 Å². The zero-order chi connectivity index (χ0) is 14.4. The van der Waals surface area contributed by atoms with Crippen LogP contribution in [0.5, 0.6) is 0 Å². The summed E-state index contributed by atoms with van der Waals surface area (Å²) in [6, 6.07) is 11.8. The Bertz CT molecular complexity index is 516. The van der Waals surface area contributed by atoms with Crippen molar-refractivity contribution in [2.45, 2.75) is 46.1 Å². The third-order valence-corrected chi connectivity index (χ3v) is 4.66. The molecule has 0 aliphatic heterocycles. The highest BCUT2D eigenvalue weighted by Crippen LogP contribution is 2.16. The molecule has 20 heavy (non-hydrogen) atoms. The fraction of sp³-hybridized carbons (Fsp3) is 0.444. The predicted octanol–water partition coefficient (Wildman–Crippen LogP) is 4.52. The van der Waals surface area contributed by atoms with E-state index < -0.39 is 0 Å². The largest absolute Gasteiger partial charge is 0.313 e. The van der Waals surface area contributed by atoms with Crippen LogP contribution < -0.4 is 5.32 Å². The second kappa shape index (κ2) is 7.61. The van der Waals surface area contributed by atoms with Gasteiger partial charge in [0, 0.05) is 10.9 Å². The Morgan fingerprint density at radius 3 is 2.60 bits per heavy atom. The summed E-state index contributed by atoms with van der Waals surface area (Å²) in [5.74, 6) is 0. The number of nitrogens with one attached hydrogen (secondary N) is 1. The molecule has 1 aromatic heterocycles. The average molecular weight is 287 g/mol. The van der Waals surface area contributed by atoms with Crippen LogP contribution in [0.2, 0.25) is 0 Å². The lowest BCUT2D eigenvalue weighted by Crippen LogP contribution is -2.33. The number of aryl methyl sites for hydroxylation is 2. The van der Waals surface area contributed by atoms with Gasteiger partial charge in [0.25, 0.3) is 0 Å². The van der Waals surface area contributed by atoms with E-state index in [2.05, 4.69) is 61.8 Å². The topological polar surface area (TPSA) is 12.0 Å². The van der Waals surface area contributed by atoms with Crippen LogP contribution in [-0.2, 0) is 12.8 Å². The molecule has 108 valence electrons.